The lowest BCUT2D eigenvalue weighted by Gasteiger charge is -2.16. The molecule has 1 amide bonds. The van der Waals surface area contributed by atoms with Crippen molar-refractivity contribution in [2.45, 2.75) is 13.1 Å². The van der Waals surface area contributed by atoms with E-state index in [0.717, 1.165) is 23.9 Å². The van der Waals surface area contributed by atoms with Gasteiger partial charge < -0.3 is 15.8 Å². The molecule has 0 bridgehead atoms. The van der Waals surface area contributed by atoms with Crippen molar-refractivity contribution >= 4 is 28.6 Å². The number of hydrogen-bond donors (Lipinski definition) is 2. The fraction of sp³-hybridized carbons (Fsp3) is 0.125. The van der Waals surface area contributed by atoms with Crippen LogP contribution in [-0.4, -0.2) is 28.0 Å². The van der Waals surface area contributed by atoms with Crippen LogP contribution >= 0.6 is 0 Å². The summed E-state index contributed by atoms with van der Waals surface area (Å²) < 4.78 is 44.5. The molecule has 4 aromatic rings. The number of pyridine rings is 1. The Morgan fingerprint density at radius 1 is 1.14 bits per heavy atom. The average molecular weight is 478 g/mol. The Kier molecular flexibility index (Phi) is 5.96. The fourth-order valence-electron chi connectivity index (χ4n) is 3.61. The van der Waals surface area contributed by atoms with Crippen LogP contribution in [0.25, 0.3) is 22.0 Å². The van der Waals surface area contributed by atoms with E-state index in [1.54, 1.807) is 25.1 Å². The lowest BCUT2D eigenvalue weighted by molar-refractivity contribution is -0.137. The normalized spacial score (nSPS) is 11.2. The number of nitrogens with one attached hydrogen (secondary N) is 1. The van der Waals surface area contributed by atoms with E-state index in [0.29, 0.717) is 22.0 Å². The zero-order valence-corrected chi connectivity index (χ0v) is 18.4. The number of nitrogens with two attached hydrogens (primary N) is 1. The molecule has 0 spiro atoms. The first-order chi connectivity index (χ1) is 16.6. The molecular weight excluding hydrogens is 461 g/mol. The summed E-state index contributed by atoms with van der Waals surface area (Å²) in [7, 11) is 1.40. The summed E-state index contributed by atoms with van der Waals surface area (Å²) in [5.41, 5.74) is 7.22. The van der Waals surface area contributed by atoms with E-state index < -0.39 is 17.6 Å². The molecule has 0 aliphatic carbocycles. The van der Waals surface area contributed by atoms with Crippen molar-refractivity contribution < 1.29 is 22.7 Å². The topological polar surface area (TPSA) is 127 Å². The molecule has 8 nitrogen and oxygen atoms in total. The number of aryl methyl sites for hydroxylation is 1. The number of methoxy groups -OCH3 is 1. The van der Waals surface area contributed by atoms with Crippen molar-refractivity contribution in [3.05, 3.63) is 71.0 Å². The molecular formula is C24H17F3N6O2. The number of nitriles is 1. The average Bonchev–Trinajstić information content (AvgIpc) is 2.82. The molecule has 35 heavy (non-hydrogen) atoms. The van der Waals surface area contributed by atoms with Crippen LogP contribution in [0, 0.1) is 18.3 Å². The Bertz CT molecular complexity index is 1510. The second-order valence-electron chi connectivity index (χ2n) is 7.52. The molecule has 0 saturated heterocycles. The lowest BCUT2D eigenvalue weighted by Crippen LogP contribution is -2.14. The minimum absolute atomic E-state index is 0.00172. The SMILES string of the molecule is COc1c(-c2cc(C(=O)Nc3cc(C(F)(F)F)ccn3)ccc2C)cc2cnc(N)nc2c1C#N. The highest BCUT2D eigenvalue weighted by atomic mass is 19.4. The number of carbonyl (C=O) groups is 1. The maximum Gasteiger partial charge on any atom is 0.416 e. The molecule has 2 heterocycles. The molecule has 0 saturated carbocycles. The maximum atomic E-state index is 13.0. The quantitative estimate of drug-likeness (QED) is 0.434. The van der Waals surface area contributed by atoms with Gasteiger partial charge in [-0.05, 0) is 48.4 Å². The summed E-state index contributed by atoms with van der Waals surface area (Å²) in [4.78, 5) is 24.8. The van der Waals surface area contributed by atoms with E-state index in [1.165, 1.54) is 19.4 Å². The number of alkyl halides is 3. The second kappa shape index (κ2) is 8.90. The number of fused-ring (bicyclic) bond motifs is 1. The molecule has 2 aromatic carbocycles. The summed E-state index contributed by atoms with van der Waals surface area (Å²) in [5, 5.41) is 12.7. The van der Waals surface area contributed by atoms with Crippen molar-refractivity contribution in [2.24, 2.45) is 0 Å². The van der Waals surface area contributed by atoms with Gasteiger partial charge in [-0.3, -0.25) is 4.79 Å². The predicted molar refractivity (Wildman–Crippen MR) is 123 cm³/mol. The number of halogens is 3. The van der Waals surface area contributed by atoms with Gasteiger partial charge in [-0.2, -0.15) is 18.4 Å². The van der Waals surface area contributed by atoms with Gasteiger partial charge in [0.1, 0.15) is 23.2 Å². The number of anilines is 2. The Balaban J connectivity index is 1.79. The van der Waals surface area contributed by atoms with Crippen molar-refractivity contribution in [3.8, 4) is 22.9 Å². The Morgan fingerprint density at radius 2 is 1.91 bits per heavy atom. The second-order valence-corrected chi connectivity index (χ2v) is 7.52. The number of benzene rings is 2. The smallest absolute Gasteiger partial charge is 0.416 e. The number of nitrogen functional groups attached to an aromatic ring is 1. The van der Waals surface area contributed by atoms with E-state index in [-0.39, 0.29) is 28.6 Å². The van der Waals surface area contributed by atoms with Gasteiger partial charge >= 0.3 is 6.18 Å². The van der Waals surface area contributed by atoms with E-state index in [2.05, 4.69) is 26.3 Å². The molecule has 0 atom stereocenters. The van der Waals surface area contributed by atoms with Crippen LogP contribution in [0.2, 0.25) is 0 Å². The molecule has 0 aliphatic rings. The minimum Gasteiger partial charge on any atom is -0.495 e. The van der Waals surface area contributed by atoms with Crippen LogP contribution in [-0.2, 0) is 6.18 Å². The molecule has 176 valence electrons. The summed E-state index contributed by atoms with van der Waals surface area (Å²) in [5.74, 6) is -0.661. The van der Waals surface area contributed by atoms with E-state index >= 15 is 0 Å². The van der Waals surface area contributed by atoms with E-state index in [9.17, 15) is 23.2 Å². The Morgan fingerprint density at radius 3 is 2.60 bits per heavy atom. The summed E-state index contributed by atoms with van der Waals surface area (Å²) in [6.07, 6.45) is -2.12. The molecule has 0 radical (unpaired) electrons. The van der Waals surface area contributed by atoms with Gasteiger partial charge in [0, 0.05) is 28.9 Å². The Hall–Kier alpha value is -4.72. The molecule has 0 aliphatic heterocycles. The van der Waals surface area contributed by atoms with Crippen LogP contribution in [0.1, 0.15) is 27.0 Å². The third-order valence-electron chi connectivity index (χ3n) is 5.28. The minimum atomic E-state index is -4.57. The molecule has 4 rings (SSSR count). The Labute approximate surface area is 197 Å². The number of hydrogen-bond acceptors (Lipinski definition) is 7. The number of rotatable bonds is 4. The highest BCUT2D eigenvalue weighted by molar-refractivity contribution is 6.05. The standard InChI is InChI=1S/C24H17F3N6O2/c1-12-3-4-13(22(34)32-19-9-15(5-6-30-19)24(25,26)27)7-16(12)17-8-14-11-31-23(29)33-20(14)18(10-28)21(17)35-2/h3-9,11H,1-2H3,(H2,29,31,33)(H,30,32,34). The number of aromatic nitrogens is 3. The van der Waals surface area contributed by atoms with Gasteiger partial charge in [0.2, 0.25) is 5.95 Å². The summed E-state index contributed by atoms with van der Waals surface area (Å²) >= 11 is 0. The zero-order chi connectivity index (χ0) is 25.3. The van der Waals surface area contributed by atoms with Gasteiger partial charge in [-0.15, -0.1) is 0 Å². The van der Waals surface area contributed by atoms with Crippen LogP contribution in [0.15, 0.2) is 48.8 Å². The zero-order valence-electron chi connectivity index (χ0n) is 18.4. The lowest BCUT2D eigenvalue weighted by atomic mass is 9.94. The third-order valence-corrected chi connectivity index (χ3v) is 5.28. The molecule has 0 unspecified atom stereocenters. The maximum absolute atomic E-state index is 13.0. The predicted octanol–water partition coefficient (Wildman–Crippen LogP) is 4.73. The fourth-order valence-corrected chi connectivity index (χ4v) is 3.61. The van der Waals surface area contributed by atoms with Gasteiger partial charge in [-0.25, -0.2) is 15.0 Å². The van der Waals surface area contributed by atoms with Gasteiger partial charge in [-0.1, -0.05) is 6.07 Å². The molecule has 3 N–H and O–H groups in total. The van der Waals surface area contributed by atoms with E-state index in [4.69, 9.17) is 10.5 Å². The summed E-state index contributed by atoms with van der Waals surface area (Å²) in [6, 6.07) is 10.1. The monoisotopic (exact) mass is 478 g/mol. The third kappa shape index (κ3) is 4.54. The van der Waals surface area contributed by atoms with Crippen LogP contribution in [0.3, 0.4) is 0 Å². The van der Waals surface area contributed by atoms with Crippen molar-refractivity contribution in [1.29, 1.82) is 5.26 Å². The first kappa shape index (κ1) is 23.4. The molecule has 11 heteroatoms. The highest BCUT2D eigenvalue weighted by Crippen LogP contribution is 2.39. The largest absolute Gasteiger partial charge is 0.495 e. The van der Waals surface area contributed by atoms with E-state index in [1.807, 2.05) is 0 Å². The number of nitrogens with zero attached hydrogens (tertiary/aromatic N) is 4. The highest BCUT2D eigenvalue weighted by Gasteiger charge is 2.31. The van der Waals surface area contributed by atoms with Gasteiger partial charge in [0.15, 0.2) is 0 Å². The van der Waals surface area contributed by atoms with Crippen LogP contribution in [0.5, 0.6) is 5.75 Å². The molecule has 0 fully saturated rings. The first-order valence-electron chi connectivity index (χ1n) is 10.1. The van der Waals surface area contributed by atoms with Crippen molar-refractivity contribution in [3.63, 3.8) is 0 Å². The molecule has 2 aromatic heterocycles. The van der Waals surface area contributed by atoms with Crippen LogP contribution < -0.4 is 15.8 Å². The van der Waals surface area contributed by atoms with Crippen molar-refractivity contribution in [1.82, 2.24) is 15.0 Å². The first-order valence-corrected chi connectivity index (χ1v) is 10.1. The number of amides is 1. The van der Waals surface area contributed by atoms with Crippen molar-refractivity contribution in [2.75, 3.05) is 18.2 Å². The number of carbonyl (C=O) groups excluding carboxylic acids is 1. The van der Waals surface area contributed by atoms with Gasteiger partial charge in [0.05, 0.1) is 18.2 Å². The number of ether oxygens (including phenoxy) is 1. The van der Waals surface area contributed by atoms with Gasteiger partial charge in [0.25, 0.3) is 5.91 Å². The summed E-state index contributed by atoms with van der Waals surface area (Å²) in [6.45, 7) is 1.81. The van der Waals surface area contributed by atoms with Crippen LogP contribution in [0.4, 0.5) is 24.9 Å².